The zero-order chi connectivity index (χ0) is 13.7. The van der Waals surface area contributed by atoms with Gasteiger partial charge in [0.2, 0.25) is 11.8 Å². The van der Waals surface area contributed by atoms with Gasteiger partial charge >= 0.3 is 0 Å². The number of benzene rings is 1. The number of nitrogens with zero attached hydrogens (tertiary/aromatic N) is 2. The lowest BCUT2D eigenvalue weighted by Crippen LogP contribution is -2.14. The molecule has 1 heterocycles. The average Bonchev–Trinajstić information content (AvgIpc) is 2.86. The molecule has 1 aromatic heterocycles. The van der Waals surface area contributed by atoms with E-state index >= 15 is 0 Å². The van der Waals surface area contributed by atoms with Gasteiger partial charge in [-0.05, 0) is 37.7 Å². The Morgan fingerprint density at radius 2 is 2.21 bits per heavy atom. The molecule has 2 rings (SSSR count). The van der Waals surface area contributed by atoms with E-state index in [1.54, 1.807) is 6.07 Å². The zero-order valence-corrected chi connectivity index (χ0v) is 11.4. The number of aromatic hydroxyl groups is 1. The summed E-state index contributed by atoms with van der Waals surface area (Å²) in [6, 6.07) is 4.62. The molecule has 0 spiro atoms. The van der Waals surface area contributed by atoms with Crippen LogP contribution in [-0.4, -0.2) is 28.4 Å². The van der Waals surface area contributed by atoms with Crippen molar-refractivity contribution in [3.05, 3.63) is 29.1 Å². The molecule has 6 heteroatoms. The van der Waals surface area contributed by atoms with E-state index in [9.17, 15) is 5.11 Å². The molecule has 0 bridgehead atoms. The smallest absolute Gasteiger partial charge is 0.249 e. The van der Waals surface area contributed by atoms with Crippen LogP contribution in [-0.2, 0) is 6.42 Å². The Morgan fingerprint density at radius 3 is 3.00 bits per heavy atom. The van der Waals surface area contributed by atoms with Gasteiger partial charge in [0.25, 0.3) is 0 Å². The van der Waals surface area contributed by atoms with Crippen molar-refractivity contribution in [3.8, 4) is 17.2 Å². The van der Waals surface area contributed by atoms with Crippen LogP contribution in [0.25, 0.3) is 11.5 Å². The number of aromatic nitrogens is 2. The first-order valence-electron chi connectivity index (χ1n) is 6.22. The van der Waals surface area contributed by atoms with Crippen molar-refractivity contribution in [2.45, 2.75) is 19.8 Å². The number of phenols is 1. The number of phenolic OH excluding ortho intramolecular Hbond substituents is 1. The molecule has 1 aromatic carbocycles. The maximum absolute atomic E-state index is 9.45. The van der Waals surface area contributed by atoms with Gasteiger partial charge in [0.15, 0.2) is 0 Å². The number of hydrogen-bond acceptors (Lipinski definition) is 5. The molecule has 0 aliphatic heterocycles. The Morgan fingerprint density at radius 1 is 1.37 bits per heavy atom. The summed E-state index contributed by atoms with van der Waals surface area (Å²) < 4.78 is 5.54. The van der Waals surface area contributed by atoms with Gasteiger partial charge in [-0.15, -0.1) is 10.2 Å². The first-order chi connectivity index (χ1) is 9.20. The van der Waals surface area contributed by atoms with E-state index in [0.29, 0.717) is 22.4 Å². The lowest BCUT2D eigenvalue weighted by Gasteiger charge is -2.00. The van der Waals surface area contributed by atoms with Crippen LogP contribution < -0.4 is 5.32 Å². The lowest BCUT2D eigenvalue weighted by atomic mass is 10.2. The Hall–Kier alpha value is -1.59. The summed E-state index contributed by atoms with van der Waals surface area (Å²) >= 11 is 6.04. The maximum atomic E-state index is 9.45. The van der Waals surface area contributed by atoms with Gasteiger partial charge in [-0.2, -0.15) is 0 Å². The Bertz CT molecular complexity index is 542. The van der Waals surface area contributed by atoms with Gasteiger partial charge in [-0.3, -0.25) is 0 Å². The van der Waals surface area contributed by atoms with Gasteiger partial charge < -0.3 is 14.8 Å². The van der Waals surface area contributed by atoms with Gasteiger partial charge in [0.1, 0.15) is 5.75 Å². The minimum Gasteiger partial charge on any atom is -0.508 e. The third-order valence-corrected chi connectivity index (χ3v) is 2.97. The molecule has 19 heavy (non-hydrogen) atoms. The molecule has 5 nitrogen and oxygen atoms in total. The minimum absolute atomic E-state index is 0.117. The van der Waals surface area contributed by atoms with E-state index < -0.39 is 0 Å². The summed E-state index contributed by atoms with van der Waals surface area (Å²) in [5.74, 6) is 1.03. The molecule has 0 atom stereocenters. The van der Waals surface area contributed by atoms with Crippen molar-refractivity contribution >= 4 is 11.6 Å². The molecule has 0 fully saturated rings. The Balaban J connectivity index is 2.06. The second-order valence-electron chi connectivity index (χ2n) is 4.12. The number of hydrogen-bond donors (Lipinski definition) is 2. The molecular weight excluding hydrogens is 266 g/mol. The summed E-state index contributed by atoms with van der Waals surface area (Å²) in [5, 5.41) is 21.1. The SMILES string of the molecule is CCNCCCc1nnc(-c2cc(O)ccc2Cl)o1. The highest BCUT2D eigenvalue weighted by Crippen LogP contribution is 2.30. The van der Waals surface area contributed by atoms with Crippen molar-refractivity contribution < 1.29 is 9.52 Å². The largest absolute Gasteiger partial charge is 0.508 e. The first kappa shape index (κ1) is 13.8. The highest BCUT2D eigenvalue weighted by molar-refractivity contribution is 6.33. The van der Waals surface area contributed by atoms with Crippen LogP contribution >= 0.6 is 11.6 Å². The van der Waals surface area contributed by atoms with E-state index in [2.05, 4.69) is 22.4 Å². The molecular formula is C13H16ClN3O2. The maximum Gasteiger partial charge on any atom is 0.249 e. The molecule has 0 aliphatic carbocycles. The lowest BCUT2D eigenvalue weighted by molar-refractivity contribution is 0.473. The molecule has 2 N–H and O–H groups in total. The highest BCUT2D eigenvalue weighted by Gasteiger charge is 2.12. The quantitative estimate of drug-likeness (QED) is 0.797. The molecule has 0 aliphatic rings. The fourth-order valence-electron chi connectivity index (χ4n) is 1.68. The van der Waals surface area contributed by atoms with Crippen molar-refractivity contribution in [1.29, 1.82) is 0 Å². The van der Waals surface area contributed by atoms with Crippen LogP contribution in [0, 0.1) is 0 Å². The van der Waals surface area contributed by atoms with Gasteiger partial charge in [-0.25, -0.2) is 0 Å². The van der Waals surface area contributed by atoms with Crippen LogP contribution in [0.5, 0.6) is 5.75 Å². The van der Waals surface area contributed by atoms with Crippen LogP contribution in [0.15, 0.2) is 22.6 Å². The molecule has 0 saturated carbocycles. The topological polar surface area (TPSA) is 71.2 Å². The summed E-state index contributed by atoms with van der Waals surface area (Å²) in [4.78, 5) is 0. The Kier molecular flexibility index (Phi) is 4.76. The van der Waals surface area contributed by atoms with E-state index in [4.69, 9.17) is 16.0 Å². The second-order valence-corrected chi connectivity index (χ2v) is 4.53. The molecule has 0 radical (unpaired) electrons. The second kappa shape index (κ2) is 6.54. The van der Waals surface area contributed by atoms with Crippen molar-refractivity contribution in [2.24, 2.45) is 0 Å². The van der Waals surface area contributed by atoms with E-state index in [-0.39, 0.29) is 5.75 Å². The molecule has 0 saturated heterocycles. The first-order valence-corrected chi connectivity index (χ1v) is 6.60. The van der Waals surface area contributed by atoms with Crippen LogP contribution in [0.1, 0.15) is 19.2 Å². The molecule has 0 amide bonds. The van der Waals surface area contributed by atoms with Gasteiger partial charge in [-0.1, -0.05) is 18.5 Å². The standard InChI is InChI=1S/C13H16ClN3O2/c1-2-15-7-3-4-12-16-17-13(19-12)10-8-9(18)5-6-11(10)14/h5-6,8,15,18H,2-4,7H2,1H3. The normalized spacial score (nSPS) is 10.8. The van der Waals surface area contributed by atoms with Gasteiger partial charge in [0.05, 0.1) is 10.6 Å². The number of rotatable bonds is 6. The van der Waals surface area contributed by atoms with Crippen LogP contribution in [0.3, 0.4) is 0 Å². The van der Waals surface area contributed by atoms with Crippen molar-refractivity contribution in [3.63, 3.8) is 0 Å². The summed E-state index contributed by atoms with van der Waals surface area (Å²) in [5.41, 5.74) is 0.548. The fraction of sp³-hybridized carbons (Fsp3) is 0.385. The van der Waals surface area contributed by atoms with Crippen molar-refractivity contribution in [1.82, 2.24) is 15.5 Å². The average molecular weight is 282 g/mol. The molecule has 102 valence electrons. The zero-order valence-electron chi connectivity index (χ0n) is 10.7. The summed E-state index contributed by atoms with van der Waals surface area (Å²) in [7, 11) is 0. The third-order valence-electron chi connectivity index (χ3n) is 2.64. The van der Waals surface area contributed by atoms with E-state index in [1.807, 2.05) is 0 Å². The van der Waals surface area contributed by atoms with Crippen LogP contribution in [0.2, 0.25) is 5.02 Å². The Labute approximate surface area is 116 Å². The van der Waals surface area contributed by atoms with Crippen molar-refractivity contribution in [2.75, 3.05) is 13.1 Å². The highest BCUT2D eigenvalue weighted by atomic mass is 35.5. The minimum atomic E-state index is 0.117. The fourth-order valence-corrected chi connectivity index (χ4v) is 1.88. The molecule has 0 unspecified atom stereocenters. The predicted molar refractivity (Wildman–Crippen MR) is 73.3 cm³/mol. The molecule has 2 aromatic rings. The predicted octanol–water partition coefficient (Wildman–Crippen LogP) is 2.64. The third kappa shape index (κ3) is 3.68. The number of aryl methyl sites for hydroxylation is 1. The monoisotopic (exact) mass is 281 g/mol. The van der Waals surface area contributed by atoms with Crippen LogP contribution in [0.4, 0.5) is 0 Å². The number of nitrogens with one attached hydrogen (secondary N) is 1. The van der Waals surface area contributed by atoms with E-state index in [0.717, 1.165) is 25.9 Å². The van der Waals surface area contributed by atoms with E-state index in [1.165, 1.54) is 12.1 Å². The summed E-state index contributed by atoms with van der Waals surface area (Å²) in [6.45, 7) is 3.93. The van der Waals surface area contributed by atoms with Gasteiger partial charge in [0, 0.05) is 6.42 Å². The summed E-state index contributed by atoms with van der Waals surface area (Å²) in [6.07, 6.45) is 1.65. The number of halogens is 1.